The molecule has 0 aliphatic heterocycles. The van der Waals surface area contributed by atoms with Crippen LogP contribution in [0.3, 0.4) is 0 Å². The molecule has 1 heterocycles. The zero-order valence-electron chi connectivity index (χ0n) is 23.3. The molecule has 3 unspecified atom stereocenters. The molecule has 0 saturated heterocycles. The van der Waals surface area contributed by atoms with E-state index in [0.29, 0.717) is 31.9 Å². The summed E-state index contributed by atoms with van der Waals surface area (Å²) < 4.78 is 6.76. The molecular weight excluding hydrogens is 412 g/mol. The summed E-state index contributed by atoms with van der Waals surface area (Å²) in [5.74, 6) is 0.587. The van der Waals surface area contributed by atoms with Crippen LogP contribution in [0, 0.1) is 22.2 Å². The first-order valence-electron chi connectivity index (χ1n) is 12.3. The van der Waals surface area contributed by atoms with Gasteiger partial charge in [0.15, 0.2) is 11.8 Å². The van der Waals surface area contributed by atoms with Crippen molar-refractivity contribution in [2.24, 2.45) is 27.9 Å². The summed E-state index contributed by atoms with van der Waals surface area (Å²) in [7, 11) is 0. The van der Waals surface area contributed by atoms with E-state index in [4.69, 9.17) is 10.5 Å². The number of nitrogens with zero attached hydrogens (tertiary/aromatic N) is 1. The van der Waals surface area contributed by atoms with Gasteiger partial charge in [0, 0.05) is 29.1 Å². The molecular formula is C28H52N2O3. The van der Waals surface area contributed by atoms with Gasteiger partial charge in [0.2, 0.25) is 0 Å². The molecule has 0 spiro atoms. The molecule has 0 amide bonds. The lowest BCUT2D eigenvalue weighted by Gasteiger charge is -2.53. The van der Waals surface area contributed by atoms with Crippen molar-refractivity contribution < 1.29 is 14.9 Å². The molecule has 0 aliphatic carbocycles. The summed E-state index contributed by atoms with van der Waals surface area (Å²) in [6.45, 7) is 29.0. The minimum Gasteiger partial charge on any atom is -0.502 e. The molecule has 0 saturated carbocycles. The van der Waals surface area contributed by atoms with E-state index in [-0.39, 0.29) is 28.0 Å². The van der Waals surface area contributed by atoms with Crippen molar-refractivity contribution in [3.8, 4) is 11.8 Å². The standard InChI is InChI=1S/C28H52N2O3/c1-13-33-16-14-15-30-22(31)17-21(23(30)32)27(11,25(6,7)8)19-28(12,29)26(9,10)20(2)18-24(3,4)5/h13,17,20,31-32H,1,14-16,18-19,29H2,2-12H3. The zero-order valence-corrected chi connectivity index (χ0v) is 23.3. The number of nitrogens with two attached hydrogens (primary N) is 1. The molecule has 3 atom stereocenters. The Balaban J connectivity index is 3.41. The van der Waals surface area contributed by atoms with Crippen LogP contribution in [0.4, 0.5) is 0 Å². The lowest BCUT2D eigenvalue weighted by atomic mass is 9.53. The topological polar surface area (TPSA) is 80.6 Å². The van der Waals surface area contributed by atoms with E-state index in [1.807, 2.05) is 0 Å². The van der Waals surface area contributed by atoms with Crippen LogP contribution in [0.2, 0.25) is 0 Å². The van der Waals surface area contributed by atoms with Crippen LogP contribution in [0.5, 0.6) is 11.8 Å². The summed E-state index contributed by atoms with van der Waals surface area (Å²) in [5, 5.41) is 21.9. The largest absolute Gasteiger partial charge is 0.502 e. The minimum absolute atomic E-state index is 0.0654. The Bertz CT molecular complexity index is 793. The fourth-order valence-electron chi connectivity index (χ4n) is 5.00. The molecule has 4 N–H and O–H groups in total. The second-order valence-electron chi connectivity index (χ2n) is 13.3. The first-order valence-corrected chi connectivity index (χ1v) is 12.3. The number of ether oxygens (including phenoxy) is 1. The first-order chi connectivity index (χ1) is 14.7. The van der Waals surface area contributed by atoms with Crippen molar-refractivity contribution in [3.63, 3.8) is 0 Å². The number of hydrogen-bond acceptors (Lipinski definition) is 4. The minimum atomic E-state index is -0.512. The Kier molecular flexibility index (Phi) is 8.85. The lowest BCUT2D eigenvalue weighted by molar-refractivity contribution is 0.0326. The van der Waals surface area contributed by atoms with E-state index >= 15 is 0 Å². The molecule has 1 aromatic rings. The van der Waals surface area contributed by atoms with Gasteiger partial charge in [0.25, 0.3) is 0 Å². The van der Waals surface area contributed by atoms with Crippen molar-refractivity contribution in [1.82, 2.24) is 4.57 Å². The Labute approximate surface area is 203 Å². The molecule has 1 rings (SSSR count). The van der Waals surface area contributed by atoms with Gasteiger partial charge in [-0.05, 0) is 48.3 Å². The van der Waals surface area contributed by atoms with Gasteiger partial charge in [-0.1, -0.05) is 75.8 Å². The molecule has 1 aromatic heterocycles. The maximum Gasteiger partial charge on any atom is 0.197 e. The molecule has 0 aliphatic rings. The lowest BCUT2D eigenvalue weighted by Crippen LogP contribution is -2.58. The van der Waals surface area contributed by atoms with Crippen LogP contribution in [-0.4, -0.2) is 26.9 Å². The zero-order chi connectivity index (χ0) is 26.0. The number of hydrogen-bond donors (Lipinski definition) is 3. The van der Waals surface area contributed by atoms with Gasteiger partial charge in [0.1, 0.15) is 0 Å². The predicted octanol–water partition coefficient (Wildman–Crippen LogP) is 6.96. The van der Waals surface area contributed by atoms with Gasteiger partial charge < -0.3 is 20.7 Å². The third-order valence-corrected chi connectivity index (χ3v) is 8.40. The van der Waals surface area contributed by atoms with Gasteiger partial charge in [-0.15, -0.1) is 0 Å². The maximum absolute atomic E-state index is 11.2. The van der Waals surface area contributed by atoms with E-state index in [1.165, 1.54) is 6.26 Å². The normalized spacial score (nSPS) is 17.8. The van der Waals surface area contributed by atoms with Crippen molar-refractivity contribution >= 4 is 0 Å². The van der Waals surface area contributed by atoms with Crippen LogP contribution in [0.25, 0.3) is 0 Å². The SMILES string of the molecule is C=COCCCn1c(O)cc(C(C)(CC(C)(N)C(C)(C)C(C)CC(C)(C)C)C(C)(C)C)c1O. The predicted molar refractivity (Wildman–Crippen MR) is 140 cm³/mol. The van der Waals surface area contributed by atoms with E-state index in [2.05, 4.69) is 82.7 Å². The van der Waals surface area contributed by atoms with E-state index in [9.17, 15) is 10.2 Å². The van der Waals surface area contributed by atoms with Crippen LogP contribution in [0.15, 0.2) is 18.9 Å². The fourth-order valence-corrected chi connectivity index (χ4v) is 5.00. The van der Waals surface area contributed by atoms with Crippen LogP contribution >= 0.6 is 0 Å². The summed E-state index contributed by atoms with van der Waals surface area (Å²) in [6.07, 6.45) is 3.80. The summed E-state index contributed by atoms with van der Waals surface area (Å²) in [6, 6.07) is 1.72. The van der Waals surface area contributed by atoms with Gasteiger partial charge in [0.05, 0.1) is 12.9 Å². The van der Waals surface area contributed by atoms with Crippen LogP contribution < -0.4 is 5.73 Å². The Morgan fingerprint density at radius 1 is 1.06 bits per heavy atom. The second-order valence-corrected chi connectivity index (χ2v) is 13.3. The molecule has 0 radical (unpaired) electrons. The Morgan fingerprint density at radius 3 is 2.06 bits per heavy atom. The quantitative estimate of drug-likeness (QED) is 0.244. The molecule has 33 heavy (non-hydrogen) atoms. The Morgan fingerprint density at radius 2 is 1.61 bits per heavy atom. The highest BCUT2D eigenvalue weighted by molar-refractivity contribution is 5.43. The second kappa shape index (κ2) is 9.93. The van der Waals surface area contributed by atoms with Crippen LogP contribution in [-0.2, 0) is 16.7 Å². The average molecular weight is 465 g/mol. The number of aromatic nitrogens is 1. The van der Waals surface area contributed by atoms with Gasteiger partial charge in [-0.25, -0.2) is 0 Å². The summed E-state index contributed by atoms with van der Waals surface area (Å²) in [4.78, 5) is 0. The average Bonchev–Trinajstić information content (AvgIpc) is 2.90. The van der Waals surface area contributed by atoms with Crippen molar-refractivity contribution in [2.45, 2.75) is 113 Å². The van der Waals surface area contributed by atoms with E-state index in [0.717, 1.165) is 12.0 Å². The molecule has 192 valence electrons. The summed E-state index contributed by atoms with van der Waals surface area (Å²) >= 11 is 0. The van der Waals surface area contributed by atoms with Crippen molar-refractivity contribution in [2.75, 3.05) is 6.61 Å². The monoisotopic (exact) mass is 464 g/mol. The number of rotatable bonds is 11. The molecule has 0 aromatic carbocycles. The highest BCUT2D eigenvalue weighted by Gasteiger charge is 2.51. The molecule has 5 nitrogen and oxygen atoms in total. The Hall–Kier alpha value is -1.62. The van der Waals surface area contributed by atoms with Gasteiger partial charge >= 0.3 is 0 Å². The van der Waals surface area contributed by atoms with Crippen molar-refractivity contribution in [3.05, 3.63) is 24.5 Å². The van der Waals surface area contributed by atoms with Gasteiger partial charge in [-0.3, -0.25) is 4.57 Å². The molecule has 0 fully saturated rings. The van der Waals surface area contributed by atoms with Crippen molar-refractivity contribution in [1.29, 1.82) is 0 Å². The highest BCUT2D eigenvalue weighted by atomic mass is 16.5. The summed E-state index contributed by atoms with van der Waals surface area (Å²) in [5.41, 5.74) is 6.79. The van der Waals surface area contributed by atoms with Gasteiger partial charge in [-0.2, -0.15) is 0 Å². The molecule has 0 bridgehead atoms. The number of aromatic hydroxyl groups is 2. The third kappa shape index (κ3) is 6.49. The first kappa shape index (κ1) is 29.4. The fraction of sp³-hybridized carbons (Fsp3) is 0.786. The van der Waals surface area contributed by atoms with Crippen LogP contribution in [0.1, 0.15) is 101 Å². The third-order valence-electron chi connectivity index (χ3n) is 8.40. The van der Waals surface area contributed by atoms with E-state index < -0.39 is 11.0 Å². The maximum atomic E-state index is 11.2. The highest BCUT2D eigenvalue weighted by Crippen LogP contribution is 2.54. The molecule has 5 heteroatoms. The smallest absolute Gasteiger partial charge is 0.197 e. The van der Waals surface area contributed by atoms with E-state index in [1.54, 1.807) is 10.6 Å².